The van der Waals surface area contributed by atoms with Crippen molar-refractivity contribution in [3.63, 3.8) is 0 Å². The Morgan fingerprint density at radius 2 is 1.92 bits per heavy atom. The van der Waals surface area contributed by atoms with Crippen LogP contribution in [0.25, 0.3) is 11.1 Å². The highest BCUT2D eigenvalue weighted by Gasteiger charge is 2.27. The molecule has 2 aliphatic rings. The second-order valence-electron chi connectivity index (χ2n) is 8.93. The molecule has 2 aliphatic heterocycles. The third-order valence-electron chi connectivity index (χ3n) is 6.51. The number of benzene rings is 2. The molecule has 3 aromatic rings. The number of pyridine rings is 1. The van der Waals surface area contributed by atoms with Crippen LogP contribution in [0.4, 0.5) is 25.8 Å². The highest BCUT2D eigenvalue weighted by Crippen LogP contribution is 2.38. The molecule has 1 atom stereocenters. The van der Waals surface area contributed by atoms with Crippen LogP contribution in [0.3, 0.4) is 0 Å². The lowest BCUT2D eigenvalue weighted by molar-refractivity contribution is 0.0391. The van der Waals surface area contributed by atoms with Gasteiger partial charge in [0.05, 0.1) is 31.7 Å². The van der Waals surface area contributed by atoms with Gasteiger partial charge in [-0.15, -0.1) is 0 Å². The molecule has 0 bridgehead atoms. The van der Waals surface area contributed by atoms with Gasteiger partial charge in [0.2, 0.25) is 5.88 Å². The molecule has 0 saturated carbocycles. The zero-order valence-electron chi connectivity index (χ0n) is 20.7. The maximum atomic E-state index is 14.2. The minimum absolute atomic E-state index is 0.00293. The number of halogens is 2. The van der Waals surface area contributed by atoms with Crippen molar-refractivity contribution in [3.05, 3.63) is 60.3 Å². The molecule has 0 amide bonds. The van der Waals surface area contributed by atoms with E-state index in [9.17, 15) is 17.2 Å². The van der Waals surface area contributed by atoms with E-state index in [4.69, 9.17) is 15.2 Å². The van der Waals surface area contributed by atoms with Gasteiger partial charge in [-0.05, 0) is 35.9 Å². The number of methoxy groups -OCH3 is 1. The topological polar surface area (TPSA) is 122 Å². The zero-order chi connectivity index (χ0) is 26.9. The van der Waals surface area contributed by atoms with Crippen LogP contribution in [0.1, 0.15) is 0 Å². The maximum absolute atomic E-state index is 14.2. The predicted octanol–water partition coefficient (Wildman–Crippen LogP) is 2.64. The summed E-state index contributed by atoms with van der Waals surface area (Å²) in [7, 11) is -3.06. The molecule has 38 heavy (non-hydrogen) atoms. The van der Waals surface area contributed by atoms with E-state index in [2.05, 4.69) is 24.8 Å². The van der Waals surface area contributed by atoms with Crippen LogP contribution >= 0.6 is 0 Å². The van der Waals surface area contributed by atoms with Crippen LogP contribution in [-0.2, 0) is 14.8 Å². The first kappa shape index (κ1) is 26.1. The van der Waals surface area contributed by atoms with E-state index in [0.717, 1.165) is 61.9 Å². The van der Waals surface area contributed by atoms with Crippen LogP contribution < -0.4 is 25.4 Å². The molecule has 0 aliphatic carbocycles. The number of hydrogen-bond donors (Lipinski definition) is 3. The fourth-order valence-corrected chi connectivity index (χ4v) is 5.64. The summed E-state index contributed by atoms with van der Waals surface area (Å²) in [6, 6.07) is 9.51. The molecule has 2 aromatic carbocycles. The molecule has 0 radical (unpaired) electrons. The molecule has 10 nitrogen and oxygen atoms in total. The molecule has 4 N–H and O–H groups in total. The Morgan fingerprint density at radius 3 is 2.66 bits per heavy atom. The first-order chi connectivity index (χ1) is 18.2. The van der Waals surface area contributed by atoms with Crippen LogP contribution in [0.5, 0.6) is 5.88 Å². The lowest BCUT2D eigenvalue weighted by atomic mass is 10.1. The van der Waals surface area contributed by atoms with Gasteiger partial charge < -0.3 is 19.7 Å². The third kappa shape index (κ3) is 5.36. The Bertz CT molecular complexity index is 1440. The normalized spacial score (nSPS) is 17.7. The molecule has 0 spiro atoms. The van der Waals surface area contributed by atoms with Gasteiger partial charge in [-0.1, -0.05) is 6.07 Å². The summed E-state index contributed by atoms with van der Waals surface area (Å²) in [6.45, 7) is 4.73. The number of anilines is 3. The van der Waals surface area contributed by atoms with Crippen molar-refractivity contribution >= 4 is 27.1 Å². The smallest absolute Gasteiger partial charge is 0.264 e. The van der Waals surface area contributed by atoms with Gasteiger partial charge in [0.1, 0.15) is 22.2 Å². The number of nitrogens with two attached hydrogens (primary N) is 1. The van der Waals surface area contributed by atoms with Gasteiger partial charge in [0, 0.05) is 44.0 Å². The highest BCUT2D eigenvalue weighted by molar-refractivity contribution is 7.92. The Labute approximate surface area is 219 Å². The summed E-state index contributed by atoms with van der Waals surface area (Å²) in [6.07, 6.45) is 1.17. The summed E-state index contributed by atoms with van der Waals surface area (Å²) in [5.41, 5.74) is 9.52. The summed E-state index contributed by atoms with van der Waals surface area (Å²) in [5, 5.41) is 3.27. The van der Waals surface area contributed by atoms with Gasteiger partial charge in [-0.25, -0.2) is 22.2 Å². The van der Waals surface area contributed by atoms with Crippen LogP contribution in [0.15, 0.2) is 53.6 Å². The molecule has 13 heteroatoms. The van der Waals surface area contributed by atoms with Crippen LogP contribution in [0, 0.1) is 11.6 Å². The van der Waals surface area contributed by atoms with E-state index in [0.29, 0.717) is 18.2 Å². The standard InChI is InChI=1S/C25H28F2N6O4S/c1-36-24-21(31-38(34,35)23-5-3-18(26)14-19(23)27)12-17(15-29-24)16-2-4-20-22(13-16)33(25(28)30-20)7-6-32-8-10-37-11-9-32/h2-5,12-15,25,30-31H,6-11,28H2,1H3. The summed E-state index contributed by atoms with van der Waals surface area (Å²) in [4.78, 5) is 7.95. The largest absolute Gasteiger partial charge is 0.480 e. The first-order valence-electron chi connectivity index (χ1n) is 12.0. The van der Waals surface area contributed by atoms with E-state index in [1.807, 2.05) is 18.2 Å². The lowest BCUT2D eigenvalue weighted by Crippen LogP contribution is -2.48. The number of ether oxygens (including phenoxy) is 2. The summed E-state index contributed by atoms with van der Waals surface area (Å²) in [5.74, 6) is -2.09. The number of rotatable bonds is 8. The fourth-order valence-electron chi connectivity index (χ4n) is 4.53. The van der Waals surface area contributed by atoms with Crippen molar-refractivity contribution in [2.24, 2.45) is 5.73 Å². The first-order valence-corrected chi connectivity index (χ1v) is 13.5. The molecule has 1 unspecified atom stereocenters. The van der Waals surface area contributed by atoms with Crippen molar-refractivity contribution < 1.29 is 26.7 Å². The molecular formula is C25H28F2N6O4S. The van der Waals surface area contributed by atoms with E-state index < -0.39 is 26.6 Å². The van der Waals surface area contributed by atoms with Gasteiger partial charge >= 0.3 is 0 Å². The number of sulfonamides is 1. The number of fused-ring (bicyclic) bond motifs is 1. The second kappa shape index (κ2) is 10.7. The second-order valence-corrected chi connectivity index (χ2v) is 10.6. The highest BCUT2D eigenvalue weighted by atomic mass is 32.2. The van der Waals surface area contributed by atoms with Crippen LogP contribution in [-0.4, -0.2) is 71.1 Å². The van der Waals surface area contributed by atoms with E-state index in [1.54, 1.807) is 12.3 Å². The molecular weight excluding hydrogens is 518 g/mol. The van der Waals surface area contributed by atoms with Crippen molar-refractivity contribution in [3.8, 4) is 17.0 Å². The lowest BCUT2D eigenvalue weighted by Gasteiger charge is -2.30. The van der Waals surface area contributed by atoms with Crippen molar-refractivity contribution in [1.82, 2.24) is 9.88 Å². The van der Waals surface area contributed by atoms with Gasteiger partial charge in [-0.2, -0.15) is 0 Å². The van der Waals surface area contributed by atoms with Crippen molar-refractivity contribution in [2.75, 3.05) is 61.4 Å². The third-order valence-corrected chi connectivity index (χ3v) is 7.91. The average Bonchev–Trinajstić information content (AvgIpc) is 3.21. The predicted molar refractivity (Wildman–Crippen MR) is 140 cm³/mol. The maximum Gasteiger partial charge on any atom is 0.264 e. The van der Waals surface area contributed by atoms with Gasteiger partial charge in [-0.3, -0.25) is 15.4 Å². The quantitative estimate of drug-likeness (QED) is 0.391. The van der Waals surface area contributed by atoms with E-state index >= 15 is 0 Å². The molecule has 5 rings (SSSR count). The molecule has 3 heterocycles. The average molecular weight is 547 g/mol. The molecule has 1 aromatic heterocycles. The van der Waals surface area contributed by atoms with Crippen molar-refractivity contribution in [2.45, 2.75) is 11.2 Å². The molecule has 202 valence electrons. The SMILES string of the molecule is COc1ncc(-c2ccc3c(c2)N(CCN2CCOCC2)C(N)N3)cc1NS(=O)(=O)c1ccc(F)cc1F. The minimum atomic E-state index is -4.40. The summed E-state index contributed by atoms with van der Waals surface area (Å²) >= 11 is 0. The number of nitrogens with one attached hydrogen (secondary N) is 2. The minimum Gasteiger partial charge on any atom is -0.480 e. The number of nitrogens with zero attached hydrogens (tertiary/aromatic N) is 3. The Kier molecular flexibility index (Phi) is 7.34. The molecule has 1 fully saturated rings. The van der Waals surface area contributed by atoms with Crippen molar-refractivity contribution in [1.29, 1.82) is 0 Å². The monoisotopic (exact) mass is 546 g/mol. The number of hydrogen-bond acceptors (Lipinski definition) is 9. The van der Waals surface area contributed by atoms with E-state index in [1.165, 1.54) is 7.11 Å². The Morgan fingerprint density at radius 1 is 1.13 bits per heavy atom. The van der Waals surface area contributed by atoms with Crippen LogP contribution in [0.2, 0.25) is 0 Å². The van der Waals surface area contributed by atoms with E-state index in [-0.39, 0.29) is 17.9 Å². The summed E-state index contributed by atoms with van der Waals surface area (Å²) < 4.78 is 66.3. The number of aromatic nitrogens is 1. The Hall–Kier alpha value is -3.52. The van der Waals surface area contributed by atoms with Gasteiger partial charge in [0.25, 0.3) is 10.0 Å². The fraction of sp³-hybridized carbons (Fsp3) is 0.320. The van der Waals surface area contributed by atoms with Gasteiger partial charge in [0.15, 0.2) is 6.29 Å². The molecule has 1 saturated heterocycles. The Balaban J connectivity index is 1.42. The zero-order valence-corrected chi connectivity index (χ0v) is 21.5. The number of morpholine rings is 1.